The Kier molecular flexibility index (Phi) is 5.40. The molecule has 25 heavy (non-hydrogen) atoms. The third-order valence-corrected chi connectivity index (χ3v) is 4.93. The van der Waals surface area contributed by atoms with Crippen molar-refractivity contribution in [3.05, 3.63) is 65.2 Å². The first kappa shape index (κ1) is 17.5. The smallest absolute Gasteiger partial charge is 0.240 e. The zero-order valence-corrected chi connectivity index (χ0v) is 15.4. The second kappa shape index (κ2) is 7.72. The molecule has 0 aliphatic rings. The summed E-state index contributed by atoms with van der Waals surface area (Å²) in [5.74, 6) is 0.636. The van der Waals surface area contributed by atoms with Gasteiger partial charge in [0, 0.05) is 24.7 Å². The van der Waals surface area contributed by atoms with Crippen molar-refractivity contribution in [2.75, 3.05) is 14.1 Å². The highest BCUT2D eigenvalue weighted by Crippen LogP contribution is 2.35. The summed E-state index contributed by atoms with van der Waals surface area (Å²) in [6.45, 7) is 0. The molecule has 1 heterocycles. The van der Waals surface area contributed by atoms with E-state index in [1.54, 1.807) is 31.1 Å². The number of thioether (sulfide) groups is 1. The van der Waals surface area contributed by atoms with Crippen molar-refractivity contribution >= 4 is 29.3 Å². The highest BCUT2D eigenvalue weighted by molar-refractivity contribution is 8.00. The summed E-state index contributed by atoms with van der Waals surface area (Å²) in [5, 5.41) is 7.95. The highest BCUT2D eigenvalue weighted by Gasteiger charge is 2.25. The molecule has 0 bridgehead atoms. The van der Waals surface area contributed by atoms with Crippen LogP contribution < -0.4 is 0 Å². The first-order valence-electron chi connectivity index (χ1n) is 7.65. The lowest BCUT2D eigenvalue weighted by atomic mass is 10.1. The van der Waals surface area contributed by atoms with Crippen molar-refractivity contribution in [3.8, 4) is 11.4 Å². The lowest BCUT2D eigenvalue weighted by Gasteiger charge is -2.19. The molecule has 2 aromatic carbocycles. The summed E-state index contributed by atoms with van der Waals surface area (Å²) in [6, 6.07) is 17.0. The van der Waals surface area contributed by atoms with Gasteiger partial charge in [0.1, 0.15) is 5.25 Å². The van der Waals surface area contributed by atoms with Gasteiger partial charge in [-0.05, 0) is 29.8 Å². The third kappa shape index (κ3) is 4.21. The van der Waals surface area contributed by atoms with E-state index in [2.05, 4.69) is 15.2 Å². The summed E-state index contributed by atoms with van der Waals surface area (Å²) in [5.41, 5.74) is 1.81. The van der Waals surface area contributed by atoms with E-state index in [0.29, 0.717) is 16.0 Å². The fourth-order valence-electron chi connectivity index (χ4n) is 2.26. The molecular weight excluding hydrogens is 356 g/mol. The van der Waals surface area contributed by atoms with Crippen LogP contribution in [0.5, 0.6) is 0 Å². The Hall–Kier alpha value is -2.31. The molecule has 1 atom stereocenters. The zero-order chi connectivity index (χ0) is 17.8. The van der Waals surface area contributed by atoms with Crippen molar-refractivity contribution in [2.24, 2.45) is 0 Å². The van der Waals surface area contributed by atoms with Gasteiger partial charge in [0.15, 0.2) is 5.82 Å². The monoisotopic (exact) mass is 372 g/mol. The van der Waals surface area contributed by atoms with Gasteiger partial charge in [-0.3, -0.25) is 9.89 Å². The number of aromatic nitrogens is 3. The second-order valence-electron chi connectivity index (χ2n) is 5.61. The van der Waals surface area contributed by atoms with Gasteiger partial charge in [-0.25, -0.2) is 4.98 Å². The summed E-state index contributed by atoms with van der Waals surface area (Å²) in [7, 11) is 3.49. The first-order valence-corrected chi connectivity index (χ1v) is 8.91. The Morgan fingerprint density at radius 2 is 1.80 bits per heavy atom. The summed E-state index contributed by atoms with van der Waals surface area (Å²) in [6.07, 6.45) is 0. The first-order chi connectivity index (χ1) is 12.0. The number of benzene rings is 2. The second-order valence-corrected chi connectivity index (χ2v) is 7.12. The number of nitrogens with zero attached hydrogens (tertiary/aromatic N) is 3. The normalized spacial score (nSPS) is 12.0. The number of rotatable bonds is 5. The average Bonchev–Trinajstić information content (AvgIpc) is 3.09. The number of likely N-dealkylation sites (N-methyl/N-ethyl adjacent to an activating group) is 1. The molecule has 0 saturated heterocycles. The minimum atomic E-state index is -0.398. The molecule has 7 heteroatoms. The fourth-order valence-corrected chi connectivity index (χ4v) is 3.45. The number of carbonyl (C=O) groups is 1. The van der Waals surface area contributed by atoms with Crippen LogP contribution in [0, 0.1) is 0 Å². The van der Waals surface area contributed by atoms with Crippen molar-refractivity contribution in [2.45, 2.75) is 10.4 Å². The maximum absolute atomic E-state index is 12.6. The lowest BCUT2D eigenvalue weighted by molar-refractivity contribution is -0.128. The highest BCUT2D eigenvalue weighted by atomic mass is 35.5. The van der Waals surface area contributed by atoms with Crippen LogP contribution in [-0.2, 0) is 4.79 Å². The lowest BCUT2D eigenvalue weighted by Crippen LogP contribution is -2.26. The minimum absolute atomic E-state index is 0.00552. The van der Waals surface area contributed by atoms with E-state index in [1.165, 1.54) is 11.8 Å². The molecule has 0 spiro atoms. The number of aromatic amines is 1. The maximum Gasteiger partial charge on any atom is 0.240 e. The van der Waals surface area contributed by atoms with Crippen LogP contribution in [0.25, 0.3) is 11.4 Å². The molecule has 0 unspecified atom stereocenters. The predicted molar refractivity (Wildman–Crippen MR) is 101 cm³/mol. The zero-order valence-electron chi connectivity index (χ0n) is 13.8. The molecule has 3 aromatic rings. The molecule has 128 valence electrons. The van der Waals surface area contributed by atoms with Gasteiger partial charge < -0.3 is 4.90 Å². The van der Waals surface area contributed by atoms with Crippen LogP contribution in [0.15, 0.2) is 59.8 Å². The van der Waals surface area contributed by atoms with Crippen molar-refractivity contribution < 1.29 is 4.79 Å². The van der Waals surface area contributed by atoms with Crippen LogP contribution in [0.2, 0.25) is 5.02 Å². The Bertz CT molecular complexity index is 849. The molecular formula is C18H17ClN4OS. The van der Waals surface area contributed by atoms with Gasteiger partial charge >= 0.3 is 0 Å². The van der Waals surface area contributed by atoms with Gasteiger partial charge in [-0.1, -0.05) is 53.7 Å². The van der Waals surface area contributed by atoms with Gasteiger partial charge in [0.2, 0.25) is 11.1 Å². The number of carbonyl (C=O) groups excluding carboxylic acids is 1. The van der Waals surface area contributed by atoms with Crippen LogP contribution in [0.4, 0.5) is 0 Å². The quantitative estimate of drug-likeness (QED) is 0.686. The molecule has 1 aromatic heterocycles. The maximum atomic E-state index is 12.6. The van der Waals surface area contributed by atoms with Crippen LogP contribution in [0.1, 0.15) is 10.8 Å². The molecule has 1 amide bonds. The largest absolute Gasteiger partial charge is 0.348 e. The van der Waals surface area contributed by atoms with Crippen molar-refractivity contribution in [1.82, 2.24) is 20.1 Å². The number of halogens is 1. The molecule has 0 aliphatic heterocycles. The Balaban J connectivity index is 1.85. The third-order valence-electron chi connectivity index (χ3n) is 3.57. The van der Waals surface area contributed by atoms with Gasteiger partial charge in [0.05, 0.1) is 0 Å². The molecule has 0 saturated carbocycles. The molecule has 0 radical (unpaired) electrons. The summed E-state index contributed by atoms with van der Waals surface area (Å²) in [4.78, 5) is 18.7. The fraction of sp³-hybridized carbons (Fsp3) is 0.167. The van der Waals surface area contributed by atoms with Crippen molar-refractivity contribution in [1.29, 1.82) is 0 Å². The van der Waals surface area contributed by atoms with Gasteiger partial charge in [-0.2, -0.15) is 0 Å². The Morgan fingerprint density at radius 3 is 2.44 bits per heavy atom. The van der Waals surface area contributed by atoms with Crippen LogP contribution in [0.3, 0.4) is 0 Å². The standard InChI is InChI=1S/C18H17ClN4OS/c1-23(2)17(24)15(12-6-4-3-5-7-12)25-18-20-16(21-22-18)13-8-10-14(19)11-9-13/h3-11,15H,1-2H3,(H,20,21,22)/t15-/m0/s1. The molecule has 0 fully saturated rings. The Labute approximate surface area is 155 Å². The van der Waals surface area contributed by atoms with Crippen LogP contribution >= 0.6 is 23.4 Å². The van der Waals surface area contributed by atoms with E-state index in [1.807, 2.05) is 42.5 Å². The van der Waals surface area contributed by atoms with Gasteiger partial charge in [-0.15, -0.1) is 5.10 Å². The van der Waals surface area contributed by atoms with E-state index in [9.17, 15) is 4.79 Å². The number of nitrogens with one attached hydrogen (secondary N) is 1. The topological polar surface area (TPSA) is 61.9 Å². The van der Waals surface area contributed by atoms with E-state index in [-0.39, 0.29) is 5.91 Å². The Morgan fingerprint density at radius 1 is 1.12 bits per heavy atom. The van der Waals surface area contributed by atoms with E-state index < -0.39 is 5.25 Å². The minimum Gasteiger partial charge on any atom is -0.348 e. The summed E-state index contributed by atoms with van der Waals surface area (Å²) < 4.78 is 0. The summed E-state index contributed by atoms with van der Waals surface area (Å²) >= 11 is 7.24. The molecule has 0 aliphatic carbocycles. The average molecular weight is 373 g/mol. The molecule has 5 nitrogen and oxygen atoms in total. The SMILES string of the molecule is CN(C)C(=O)[C@@H](Sc1n[nH]c(-c2ccc(Cl)cc2)n1)c1ccccc1. The van der Waals surface area contributed by atoms with Crippen LogP contribution in [-0.4, -0.2) is 40.1 Å². The van der Waals surface area contributed by atoms with Gasteiger partial charge in [0.25, 0.3) is 0 Å². The molecule has 1 N–H and O–H groups in total. The van der Waals surface area contributed by atoms with E-state index in [0.717, 1.165) is 11.1 Å². The van der Waals surface area contributed by atoms with E-state index in [4.69, 9.17) is 11.6 Å². The van der Waals surface area contributed by atoms with Crippen molar-refractivity contribution in [3.63, 3.8) is 0 Å². The van der Waals surface area contributed by atoms with E-state index >= 15 is 0 Å². The number of hydrogen-bond donors (Lipinski definition) is 1. The number of amides is 1. The number of hydrogen-bond acceptors (Lipinski definition) is 4. The predicted octanol–water partition coefficient (Wildman–Crippen LogP) is 4.05. The molecule has 3 rings (SSSR count). The number of H-pyrrole nitrogens is 1.